The molecule has 1 unspecified atom stereocenters. The number of methoxy groups -OCH3 is 1. The van der Waals surface area contributed by atoms with E-state index in [1.165, 1.54) is 77.7 Å². The molecule has 20 nitrogen and oxygen atoms in total. The van der Waals surface area contributed by atoms with Crippen LogP contribution in [0.2, 0.25) is 0 Å². The summed E-state index contributed by atoms with van der Waals surface area (Å²) < 4.78 is 11.1. The summed E-state index contributed by atoms with van der Waals surface area (Å²) in [4.78, 5) is 145. The number of cyclic esters (lactones) is 1. The zero-order valence-electron chi connectivity index (χ0n) is 45.8. The summed E-state index contributed by atoms with van der Waals surface area (Å²) in [5, 5.41) is 10.8. The van der Waals surface area contributed by atoms with Crippen molar-refractivity contribution in [2.75, 3.05) is 48.4 Å². The summed E-state index contributed by atoms with van der Waals surface area (Å²) in [5.41, 5.74) is -1.15. The molecule has 1 heterocycles. The topological polar surface area (TPSA) is 250 Å². The van der Waals surface area contributed by atoms with Crippen LogP contribution in [-0.4, -0.2) is 169 Å². The summed E-state index contributed by atoms with van der Waals surface area (Å²) in [5.74, 6) is -8.37. The van der Waals surface area contributed by atoms with Crippen molar-refractivity contribution in [3.63, 3.8) is 0 Å². The molecular formula is C52H84N8O12. The van der Waals surface area contributed by atoms with Gasteiger partial charge in [0.25, 0.3) is 5.91 Å². The smallest absolute Gasteiger partial charge is 0.311 e. The fourth-order valence-electron chi connectivity index (χ4n) is 8.58. The number of hydrogen-bond acceptors (Lipinski definition) is 12. The van der Waals surface area contributed by atoms with E-state index in [9.17, 15) is 47.9 Å². The van der Waals surface area contributed by atoms with Crippen LogP contribution in [0.15, 0.2) is 24.3 Å². The van der Waals surface area contributed by atoms with Crippen LogP contribution in [0.25, 0.3) is 0 Å². The number of benzene rings is 1. The lowest BCUT2D eigenvalue weighted by atomic mass is 9.82. The summed E-state index contributed by atoms with van der Waals surface area (Å²) in [6, 6.07) is 0.144. The van der Waals surface area contributed by atoms with Crippen LogP contribution in [0.3, 0.4) is 0 Å². The average molecular weight is 1010 g/mol. The molecule has 2 rings (SSSR count). The predicted octanol–water partition coefficient (Wildman–Crippen LogP) is 2.49. The molecule has 404 valence electrons. The van der Waals surface area contributed by atoms with Gasteiger partial charge in [0, 0.05) is 46.6 Å². The van der Waals surface area contributed by atoms with Gasteiger partial charge in [0.2, 0.25) is 41.4 Å². The van der Waals surface area contributed by atoms with Crippen LogP contribution in [-0.2, 0) is 59.1 Å². The second-order valence-electron chi connectivity index (χ2n) is 20.5. The fourth-order valence-corrected chi connectivity index (χ4v) is 8.58. The van der Waals surface area contributed by atoms with Crippen LogP contribution >= 0.6 is 0 Å². The SMILES string of the molecule is CCC[C@H]1NC(=O)[C@H](C)N(C)C(=O)C(C)(C)C(=O)[C@@H](C)NC(=O)[C@H](Cc2ccc(OC)cc2)N(C)C(=O)[C@H](C(C)C)N(C)C(=O)CNC(=O)C(CC(C)C)N(C)C(=O)CNC(=O)[C@H]([C@@H](C)CC)OC(=O)[C@H]1C. The number of ether oxygens (including phenoxy) is 2. The first-order valence-corrected chi connectivity index (χ1v) is 25.1. The number of carbonyl (C=O) groups is 10. The van der Waals surface area contributed by atoms with E-state index in [-0.39, 0.29) is 18.8 Å². The third-order valence-corrected chi connectivity index (χ3v) is 13.8. The van der Waals surface area contributed by atoms with E-state index in [4.69, 9.17) is 9.47 Å². The molecule has 1 aromatic carbocycles. The summed E-state index contributed by atoms with van der Waals surface area (Å²) in [6.07, 6.45) is 0.111. The van der Waals surface area contributed by atoms with Crippen molar-refractivity contribution >= 4 is 59.0 Å². The largest absolute Gasteiger partial charge is 0.497 e. The minimum atomic E-state index is -1.79. The molecule has 1 aliphatic rings. The Labute approximate surface area is 426 Å². The lowest BCUT2D eigenvalue weighted by molar-refractivity contribution is -0.164. The molecule has 0 aromatic heterocycles. The van der Waals surface area contributed by atoms with Gasteiger partial charge in [0.1, 0.15) is 35.3 Å². The minimum Gasteiger partial charge on any atom is -0.497 e. The minimum absolute atomic E-state index is 0.0316. The molecule has 1 aliphatic heterocycles. The highest BCUT2D eigenvalue weighted by atomic mass is 16.5. The normalized spacial score (nSPS) is 26.5. The number of amides is 8. The quantitative estimate of drug-likeness (QED) is 0.195. The second-order valence-corrected chi connectivity index (χ2v) is 20.5. The number of nitrogens with one attached hydrogen (secondary N) is 4. The molecule has 0 saturated carbocycles. The maximum absolute atomic E-state index is 14.6. The number of rotatable bonds is 10. The Morgan fingerprint density at radius 2 is 1.26 bits per heavy atom. The highest BCUT2D eigenvalue weighted by Gasteiger charge is 2.45. The molecule has 1 fully saturated rings. The van der Waals surface area contributed by atoms with E-state index in [0.29, 0.717) is 30.6 Å². The predicted molar refractivity (Wildman–Crippen MR) is 271 cm³/mol. The van der Waals surface area contributed by atoms with Gasteiger partial charge in [-0.15, -0.1) is 0 Å². The molecule has 0 bridgehead atoms. The molecule has 1 saturated heterocycles. The number of ketones is 1. The van der Waals surface area contributed by atoms with Crippen molar-refractivity contribution in [2.24, 2.45) is 29.1 Å². The number of nitrogens with zero attached hydrogens (tertiary/aromatic N) is 4. The maximum atomic E-state index is 14.6. The van der Waals surface area contributed by atoms with Crippen molar-refractivity contribution in [3.8, 4) is 5.75 Å². The first-order valence-electron chi connectivity index (χ1n) is 25.1. The number of esters is 1. The third kappa shape index (κ3) is 16.2. The summed E-state index contributed by atoms with van der Waals surface area (Å²) in [6.45, 7) is 18.6. The number of Topliss-reactive ketones (excluding diaryl/α,β-unsaturated/α-hetero) is 1. The first-order chi connectivity index (χ1) is 33.5. The number of likely N-dealkylation sites (N-methyl/N-ethyl adjacent to an activating group) is 4. The Kier molecular flexibility index (Phi) is 23.8. The first kappa shape index (κ1) is 62.0. The van der Waals surface area contributed by atoms with Crippen molar-refractivity contribution in [3.05, 3.63) is 29.8 Å². The van der Waals surface area contributed by atoms with Crippen molar-refractivity contribution in [1.82, 2.24) is 40.9 Å². The zero-order chi connectivity index (χ0) is 55.1. The van der Waals surface area contributed by atoms with E-state index in [1.54, 1.807) is 58.9 Å². The molecule has 4 N–H and O–H groups in total. The van der Waals surface area contributed by atoms with Crippen molar-refractivity contribution < 1.29 is 57.4 Å². The lowest BCUT2D eigenvalue weighted by Crippen LogP contribution is -2.60. The Hall–Kier alpha value is -6.08. The van der Waals surface area contributed by atoms with Crippen LogP contribution in [0.4, 0.5) is 0 Å². The summed E-state index contributed by atoms with van der Waals surface area (Å²) in [7, 11) is 7.10. The molecule has 0 spiro atoms. The summed E-state index contributed by atoms with van der Waals surface area (Å²) >= 11 is 0. The highest BCUT2D eigenvalue weighted by molar-refractivity contribution is 6.09. The molecule has 8 amide bonds. The van der Waals surface area contributed by atoms with Gasteiger partial charge in [0.05, 0.1) is 32.2 Å². The van der Waals surface area contributed by atoms with E-state index in [0.717, 1.165) is 4.90 Å². The lowest BCUT2D eigenvalue weighted by Gasteiger charge is -2.37. The van der Waals surface area contributed by atoms with E-state index in [2.05, 4.69) is 21.3 Å². The second kappa shape index (κ2) is 27.7. The third-order valence-electron chi connectivity index (χ3n) is 13.8. The fraction of sp³-hybridized carbons (Fsp3) is 0.692. The molecule has 1 aromatic rings. The Morgan fingerprint density at radius 3 is 1.78 bits per heavy atom. The molecule has 20 heteroatoms. The molecule has 0 aliphatic carbocycles. The van der Waals surface area contributed by atoms with Crippen molar-refractivity contribution in [2.45, 2.75) is 158 Å². The van der Waals surface area contributed by atoms with Gasteiger partial charge in [-0.25, -0.2) is 0 Å². The van der Waals surface area contributed by atoms with Gasteiger partial charge in [0.15, 0.2) is 11.9 Å². The number of carbonyl (C=O) groups excluding carboxylic acids is 10. The highest BCUT2D eigenvalue weighted by Crippen LogP contribution is 2.25. The molecule has 72 heavy (non-hydrogen) atoms. The Bertz CT molecular complexity index is 2090. The zero-order valence-corrected chi connectivity index (χ0v) is 45.8. The number of hydrogen-bond donors (Lipinski definition) is 4. The maximum Gasteiger partial charge on any atom is 0.311 e. The Morgan fingerprint density at radius 1 is 0.708 bits per heavy atom. The van der Waals surface area contributed by atoms with Crippen LogP contribution in [0.5, 0.6) is 5.75 Å². The van der Waals surface area contributed by atoms with E-state index < -0.39 is 138 Å². The van der Waals surface area contributed by atoms with Gasteiger partial charge in [-0.05, 0) is 83.4 Å². The van der Waals surface area contributed by atoms with Gasteiger partial charge in [-0.3, -0.25) is 47.9 Å². The van der Waals surface area contributed by atoms with E-state index in [1.807, 2.05) is 20.8 Å². The van der Waals surface area contributed by atoms with Crippen LogP contribution < -0.4 is 26.0 Å². The molecule has 0 radical (unpaired) electrons. The van der Waals surface area contributed by atoms with Gasteiger partial charge in [-0.1, -0.05) is 67.0 Å². The molecule has 9 atom stereocenters. The standard InChI is InChI=1S/C52H84N8O12/c1-18-20-37-32(8)50(69)72-43(31(7)19-2)48(67)54-27-40(61)58(14)38(25-29(3)4)46(65)53-28-41(62)60(16)42(30(5)6)49(68)59(15)39(26-35-21-23-36(71-17)24-22-35)47(66)55-33(9)44(63)52(11,12)51(70)57(13)34(10)45(64)56-37/h21-24,29-34,37-39,42-43H,18-20,25-28H2,1-17H3,(H,53,65)(H,54,67)(H,55,66)(H,56,64)/t31-,32-,33+,34-,37+,38?,39-,42-,43-/m0/s1. The van der Waals surface area contributed by atoms with Gasteiger partial charge in [-0.2, -0.15) is 0 Å². The molecular weight excluding hydrogens is 929 g/mol. The van der Waals surface area contributed by atoms with Crippen LogP contribution in [0, 0.1) is 29.1 Å². The van der Waals surface area contributed by atoms with Crippen LogP contribution in [0.1, 0.15) is 114 Å². The van der Waals surface area contributed by atoms with Gasteiger partial charge < -0.3 is 50.3 Å². The average Bonchev–Trinajstić information content (AvgIpc) is 3.34. The Balaban J connectivity index is 2.74. The van der Waals surface area contributed by atoms with Gasteiger partial charge >= 0.3 is 5.97 Å². The van der Waals surface area contributed by atoms with Crippen molar-refractivity contribution in [1.29, 1.82) is 0 Å². The van der Waals surface area contributed by atoms with E-state index >= 15 is 0 Å². The monoisotopic (exact) mass is 1010 g/mol.